The van der Waals surface area contributed by atoms with E-state index in [-0.39, 0.29) is 0 Å². The highest BCUT2D eigenvalue weighted by atomic mass is 14.2. The van der Waals surface area contributed by atoms with Gasteiger partial charge in [0.2, 0.25) is 0 Å². The molecule has 36 valence electrons. The molecule has 0 aromatic carbocycles. The van der Waals surface area contributed by atoms with E-state index in [1.54, 1.807) is 19.1 Å². The maximum absolute atomic E-state index is 8.10. The van der Waals surface area contributed by atoms with E-state index < -0.39 is 0 Å². The minimum atomic E-state index is 0.690. The molecule has 0 aliphatic rings. The summed E-state index contributed by atoms with van der Waals surface area (Å²) in [5.74, 6) is 0. The second kappa shape index (κ2) is 3.17. The Balaban J connectivity index is 3.80. The molecule has 1 heteroatoms. The van der Waals surface area contributed by atoms with E-state index in [0.29, 0.717) is 5.57 Å². The van der Waals surface area contributed by atoms with Crippen LogP contribution in [0.15, 0.2) is 24.3 Å². The van der Waals surface area contributed by atoms with Crippen LogP contribution in [0.4, 0.5) is 0 Å². The van der Waals surface area contributed by atoms with Gasteiger partial charge in [-0.3, -0.25) is 0 Å². The summed E-state index contributed by atoms with van der Waals surface area (Å²) >= 11 is 0. The van der Waals surface area contributed by atoms with Crippen molar-refractivity contribution < 1.29 is 0 Å². The van der Waals surface area contributed by atoms with E-state index in [9.17, 15) is 0 Å². The van der Waals surface area contributed by atoms with Gasteiger partial charge in [-0.25, -0.2) is 0 Å². The van der Waals surface area contributed by atoms with Crippen LogP contribution in [0.1, 0.15) is 6.92 Å². The zero-order chi connectivity index (χ0) is 5.70. The van der Waals surface area contributed by atoms with Gasteiger partial charge in [-0.1, -0.05) is 12.7 Å². The first-order valence-electron chi connectivity index (χ1n) is 2.00. The lowest BCUT2D eigenvalue weighted by molar-refractivity contribution is 1.44. The van der Waals surface area contributed by atoms with Crippen LogP contribution in [0.3, 0.4) is 0 Å². The van der Waals surface area contributed by atoms with Gasteiger partial charge in [0, 0.05) is 5.57 Å². The average molecular weight is 93.1 g/mol. The highest BCUT2D eigenvalue weighted by Crippen LogP contribution is 1.85. The van der Waals surface area contributed by atoms with Gasteiger partial charge >= 0.3 is 0 Å². The first-order chi connectivity index (χ1) is 3.31. The second-order valence-corrected chi connectivity index (χ2v) is 1.20. The first kappa shape index (κ1) is 5.97. The van der Waals surface area contributed by atoms with E-state index in [2.05, 4.69) is 6.58 Å². The third kappa shape index (κ3) is 2.78. The fourth-order valence-electron chi connectivity index (χ4n) is 0.214. The summed E-state index contributed by atoms with van der Waals surface area (Å²) in [7, 11) is 0. The van der Waals surface area contributed by atoms with Crippen molar-refractivity contribution in [2.75, 3.05) is 0 Å². The normalized spacial score (nSPS) is 10.0. The fraction of sp³-hybridized carbons (Fsp3) is 0.167. The molecule has 0 aromatic heterocycles. The molecule has 0 aliphatic heterocycles. The second-order valence-electron chi connectivity index (χ2n) is 1.20. The summed E-state index contributed by atoms with van der Waals surface area (Å²) in [6, 6.07) is 1.96. The molecule has 0 saturated heterocycles. The Morgan fingerprint density at radius 3 is 2.57 bits per heavy atom. The van der Waals surface area contributed by atoms with Crippen molar-refractivity contribution in [2.45, 2.75) is 6.92 Å². The van der Waals surface area contributed by atoms with E-state index in [1.807, 2.05) is 6.07 Å². The zero-order valence-corrected chi connectivity index (χ0v) is 4.31. The van der Waals surface area contributed by atoms with Gasteiger partial charge in [-0.15, -0.1) is 0 Å². The average Bonchev–Trinajstić information content (AvgIpc) is 1.68. The van der Waals surface area contributed by atoms with Crippen LogP contribution < -0.4 is 0 Å². The predicted molar refractivity (Wildman–Crippen MR) is 29.6 cm³/mol. The van der Waals surface area contributed by atoms with Gasteiger partial charge < -0.3 is 0 Å². The van der Waals surface area contributed by atoms with E-state index in [0.717, 1.165) is 0 Å². The lowest BCUT2D eigenvalue weighted by atomic mass is 10.3. The number of rotatable bonds is 1. The summed E-state index contributed by atoms with van der Waals surface area (Å²) in [5.41, 5.74) is 0.690. The Morgan fingerprint density at radius 2 is 2.43 bits per heavy atom. The van der Waals surface area contributed by atoms with Gasteiger partial charge in [0.1, 0.15) is 0 Å². The highest BCUT2D eigenvalue weighted by molar-refractivity contribution is 5.21. The van der Waals surface area contributed by atoms with Crippen LogP contribution in [0.5, 0.6) is 0 Å². The summed E-state index contributed by atoms with van der Waals surface area (Å²) < 4.78 is 0. The molecule has 0 N–H and O–H groups in total. The van der Waals surface area contributed by atoms with Crippen LogP contribution in [0, 0.1) is 11.3 Å². The Bertz CT molecular complexity index is 126. The molecule has 0 fully saturated rings. The minimum absolute atomic E-state index is 0.690. The Labute approximate surface area is 43.6 Å². The van der Waals surface area contributed by atoms with Crippen LogP contribution in [0.2, 0.25) is 0 Å². The van der Waals surface area contributed by atoms with Gasteiger partial charge in [0.15, 0.2) is 0 Å². The molecule has 0 radical (unpaired) electrons. The van der Waals surface area contributed by atoms with Crippen LogP contribution in [-0.2, 0) is 0 Å². The molecular formula is C6H7N. The molecule has 0 heterocycles. The maximum Gasteiger partial charge on any atom is 0.0944 e. The number of allylic oxidation sites excluding steroid dienone is 3. The summed E-state index contributed by atoms with van der Waals surface area (Å²) in [6.07, 6.45) is 3.26. The Kier molecular flexibility index (Phi) is 2.70. The van der Waals surface area contributed by atoms with Gasteiger partial charge in [0.05, 0.1) is 6.07 Å². The third-order valence-corrected chi connectivity index (χ3v) is 0.544. The van der Waals surface area contributed by atoms with Crippen molar-refractivity contribution in [2.24, 2.45) is 0 Å². The topological polar surface area (TPSA) is 23.8 Å². The van der Waals surface area contributed by atoms with Gasteiger partial charge in [-0.2, -0.15) is 5.26 Å². The molecule has 0 spiro atoms. The molecule has 0 bridgehead atoms. The Hall–Kier alpha value is -1.03. The third-order valence-electron chi connectivity index (χ3n) is 0.544. The fourth-order valence-corrected chi connectivity index (χ4v) is 0.214. The first-order valence-corrected chi connectivity index (χ1v) is 2.00. The molecule has 0 rings (SSSR count). The van der Waals surface area contributed by atoms with Crippen molar-refractivity contribution in [3.8, 4) is 6.07 Å². The maximum atomic E-state index is 8.10. The van der Waals surface area contributed by atoms with E-state index in [1.165, 1.54) is 0 Å². The molecule has 1 nitrogen and oxygen atoms in total. The smallest absolute Gasteiger partial charge is 0.0944 e. The lowest BCUT2D eigenvalue weighted by Crippen LogP contribution is -1.60. The predicted octanol–water partition coefficient (Wildman–Crippen LogP) is 1.64. The molecule has 7 heavy (non-hydrogen) atoms. The molecule has 0 atom stereocenters. The minimum Gasteiger partial charge on any atom is -0.193 e. The zero-order valence-electron chi connectivity index (χ0n) is 4.31. The number of nitriles is 1. The van der Waals surface area contributed by atoms with Crippen molar-refractivity contribution >= 4 is 0 Å². The molecule has 0 saturated carbocycles. The van der Waals surface area contributed by atoms with Crippen LogP contribution >= 0.6 is 0 Å². The van der Waals surface area contributed by atoms with Gasteiger partial charge in [0.25, 0.3) is 0 Å². The SMILES string of the molecule is C=C/C=C(/C)C#N. The molecule has 0 aliphatic carbocycles. The van der Waals surface area contributed by atoms with Gasteiger partial charge in [-0.05, 0) is 13.0 Å². The van der Waals surface area contributed by atoms with Crippen LogP contribution in [0.25, 0.3) is 0 Å². The standard InChI is InChI=1S/C6H7N/c1-3-4-6(2)5-7/h3-4H,1H2,2H3/b6-4-. The van der Waals surface area contributed by atoms with Crippen LogP contribution in [-0.4, -0.2) is 0 Å². The summed E-state index contributed by atoms with van der Waals surface area (Å²) in [5, 5.41) is 8.10. The molecular weight excluding hydrogens is 86.1 g/mol. The molecule has 0 aromatic rings. The Morgan fingerprint density at radius 1 is 1.86 bits per heavy atom. The van der Waals surface area contributed by atoms with Crippen molar-refractivity contribution in [3.63, 3.8) is 0 Å². The number of nitrogens with zero attached hydrogens (tertiary/aromatic N) is 1. The van der Waals surface area contributed by atoms with Crippen molar-refractivity contribution in [3.05, 3.63) is 24.3 Å². The summed E-state index contributed by atoms with van der Waals surface area (Å²) in [6.45, 7) is 5.16. The lowest BCUT2D eigenvalue weighted by Gasteiger charge is -1.72. The van der Waals surface area contributed by atoms with E-state index in [4.69, 9.17) is 5.26 Å². The van der Waals surface area contributed by atoms with Crippen molar-refractivity contribution in [1.82, 2.24) is 0 Å². The summed E-state index contributed by atoms with van der Waals surface area (Å²) in [4.78, 5) is 0. The monoisotopic (exact) mass is 93.1 g/mol. The molecule has 0 unspecified atom stereocenters. The van der Waals surface area contributed by atoms with E-state index >= 15 is 0 Å². The highest BCUT2D eigenvalue weighted by Gasteiger charge is 1.73. The number of hydrogen-bond donors (Lipinski definition) is 0. The molecule has 0 amide bonds. The van der Waals surface area contributed by atoms with Crippen molar-refractivity contribution in [1.29, 1.82) is 5.26 Å². The quantitative estimate of drug-likeness (QED) is 0.357. The largest absolute Gasteiger partial charge is 0.193 e. The number of hydrogen-bond acceptors (Lipinski definition) is 1.